The maximum Gasteiger partial charge on any atom is 0.306 e. The van der Waals surface area contributed by atoms with Crippen LogP contribution in [0.5, 0.6) is 0 Å². The van der Waals surface area contributed by atoms with Gasteiger partial charge in [0.15, 0.2) is 12.4 Å². The van der Waals surface area contributed by atoms with Crippen LogP contribution in [0.3, 0.4) is 0 Å². The molecule has 1 aromatic rings. The number of benzene rings is 1. The zero-order valence-corrected chi connectivity index (χ0v) is 25.9. The van der Waals surface area contributed by atoms with E-state index in [0.29, 0.717) is 6.42 Å². The first-order valence-corrected chi connectivity index (χ1v) is 15.9. The molecule has 10 nitrogen and oxygen atoms in total. The largest absolute Gasteiger partial charge is 0.481 e. The number of carbonyl (C=O) groups is 5. The number of allylic oxidation sites excluding steroid dienone is 4. The summed E-state index contributed by atoms with van der Waals surface area (Å²) in [4.78, 5) is 61.7. The van der Waals surface area contributed by atoms with Gasteiger partial charge in [-0.2, -0.15) is 0 Å². The normalized spacial score (nSPS) is 34.0. The molecule has 0 aromatic heterocycles. The fraction of sp³-hybridized carbons (Fsp3) is 0.571. The molecule has 1 amide bonds. The van der Waals surface area contributed by atoms with Gasteiger partial charge < -0.3 is 25.4 Å². The number of ketones is 2. The van der Waals surface area contributed by atoms with Crippen molar-refractivity contribution in [1.82, 2.24) is 5.32 Å². The number of aliphatic hydroxyl groups is 2. The van der Waals surface area contributed by atoms with E-state index in [0.717, 1.165) is 24.0 Å². The number of rotatable bonds is 11. The number of ether oxygens (including phenoxy) is 1. The van der Waals surface area contributed by atoms with Gasteiger partial charge in [0.25, 0.3) is 0 Å². The molecule has 4 aliphatic carbocycles. The third kappa shape index (κ3) is 6.14. The van der Waals surface area contributed by atoms with Crippen LogP contribution in [-0.4, -0.2) is 69.6 Å². The van der Waals surface area contributed by atoms with Gasteiger partial charge in [-0.05, 0) is 61.7 Å². The van der Waals surface area contributed by atoms with Gasteiger partial charge in [0.05, 0.1) is 18.9 Å². The lowest BCUT2D eigenvalue weighted by atomic mass is 9.46. The van der Waals surface area contributed by atoms with E-state index >= 15 is 0 Å². The quantitative estimate of drug-likeness (QED) is 0.271. The van der Waals surface area contributed by atoms with E-state index in [1.165, 1.54) is 0 Å². The Balaban J connectivity index is 1.14. The Morgan fingerprint density at radius 3 is 2.53 bits per heavy atom. The lowest BCUT2D eigenvalue weighted by Crippen LogP contribution is -2.61. The SMILES string of the molecule is C[C@]12C=CC(=O)C=C1CC[C@H]1[C@H]2[C@@H](O)C[C@@]2(C)[C@H]1CC[C@@]2(O)C(=O)COC(=O)CCC(=O)NC[C@H](CC(=O)O)c1ccccc1. The van der Waals surface area contributed by atoms with Crippen molar-refractivity contribution in [2.24, 2.45) is 28.6 Å². The van der Waals surface area contributed by atoms with Crippen LogP contribution in [0.25, 0.3) is 0 Å². The second-order valence-corrected chi connectivity index (χ2v) is 13.7. The van der Waals surface area contributed by atoms with Gasteiger partial charge in [0.1, 0.15) is 5.60 Å². The van der Waals surface area contributed by atoms with Crippen molar-refractivity contribution < 1.29 is 44.0 Å². The van der Waals surface area contributed by atoms with Crippen molar-refractivity contribution in [3.8, 4) is 0 Å². The lowest BCUT2D eigenvalue weighted by Gasteiger charge is -2.59. The number of nitrogens with one attached hydrogen (secondary N) is 1. The molecule has 0 radical (unpaired) electrons. The molecule has 0 bridgehead atoms. The van der Waals surface area contributed by atoms with Crippen LogP contribution in [0.15, 0.2) is 54.1 Å². The minimum atomic E-state index is -1.77. The Hall–Kier alpha value is -3.63. The summed E-state index contributed by atoms with van der Waals surface area (Å²) >= 11 is 0. The molecule has 45 heavy (non-hydrogen) atoms. The van der Waals surface area contributed by atoms with Gasteiger partial charge in [-0.15, -0.1) is 0 Å². The summed E-state index contributed by atoms with van der Waals surface area (Å²) in [5.41, 5.74) is -1.33. The molecule has 0 aliphatic heterocycles. The number of Topliss-reactive ketones (excluding diaryl/α,β-unsaturated/α-hetero) is 1. The number of carbonyl (C=O) groups excluding carboxylic acids is 4. The molecule has 4 N–H and O–H groups in total. The summed E-state index contributed by atoms with van der Waals surface area (Å²) in [6, 6.07) is 8.99. The molecule has 0 spiro atoms. The van der Waals surface area contributed by atoms with Crippen LogP contribution in [-0.2, 0) is 28.7 Å². The zero-order valence-electron chi connectivity index (χ0n) is 25.9. The predicted molar refractivity (Wildman–Crippen MR) is 163 cm³/mol. The number of aliphatic carboxylic acids is 1. The molecule has 10 heteroatoms. The molecule has 242 valence electrons. The van der Waals surface area contributed by atoms with Crippen LogP contribution in [0.4, 0.5) is 0 Å². The molecular weight excluding hydrogens is 578 g/mol. The van der Waals surface area contributed by atoms with Crippen LogP contribution >= 0.6 is 0 Å². The molecule has 1 aromatic carbocycles. The second-order valence-electron chi connectivity index (χ2n) is 13.7. The highest BCUT2D eigenvalue weighted by Gasteiger charge is 2.68. The van der Waals surface area contributed by atoms with Crippen molar-refractivity contribution in [2.75, 3.05) is 13.2 Å². The molecule has 0 heterocycles. The summed E-state index contributed by atoms with van der Waals surface area (Å²) < 4.78 is 5.22. The Kier molecular flexibility index (Phi) is 9.20. The first-order valence-electron chi connectivity index (χ1n) is 15.9. The predicted octanol–water partition coefficient (Wildman–Crippen LogP) is 3.26. The van der Waals surface area contributed by atoms with E-state index in [4.69, 9.17) is 4.74 Å². The summed E-state index contributed by atoms with van der Waals surface area (Å²) in [5.74, 6) is -3.37. The summed E-state index contributed by atoms with van der Waals surface area (Å²) in [6.07, 6.45) is 6.23. The van der Waals surface area contributed by atoms with Gasteiger partial charge >= 0.3 is 11.9 Å². The van der Waals surface area contributed by atoms with E-state index in [2.05, 4.69) is 12.2 Å². The number of esters is 1. The number of fused-ring (bicyclic) bond motifs is 5. The van der Waals surface area contributed by atoms with Gasteiger partial charge in [0, 0.05) is 35.6 Å². The third-order valence-corrected chi connectivity index (χ3v) is 11.3. The highest BCUT2D eigenvalue weighted by molar-refractivity contribution is 6.01. The van der Waals surface area contributed by atoms with Crippen molar-refractivity contribution in [2.45, 2.75) is 82.8 Å². The molecule has 0 unspecified atom stereocenters. The summed E-state index contributed by atoms with van der Waals surface area (Å²) in [5, 5.41) is 35.3. The lowest BCUT2D eigenvalue weighted by molar-refractivity contribution is -0.181. The number of amides is 1. The monoisotopic (exact) mass is 621 g/mol. The van der Waals surface area contributed by atoms with Gasteiger partial charge in [-0.1, -0.05) is 55.8 Å². The fourth-order valence-corrected chi connectivity index (χ4v) is 8.91. The average molecular weight is 622 g/mol. The molecule has 0 saturated heterocycles. The van der Waals surface area contributed by atoms with E-state index in [1.54, 1.807) is 36.4 Å². The highest BCUT2D eigenvalue weighted by Crippen LogP contribution is 2.67. The maximum atomic E-state index is 13.5. The molecule has 3 fully saturated rings. The summed E-state index contributed by atoms with van der Waals surface area (Å²) in [6.45, 7) is 3.38. The maximum absolute atomic E-state index is 13.5. The number of carboxylic acid groups (broad SMARTS) is 1. The minimum absolute atomic E-state index is 0.0236. The van der Waals surface area contributed by atoms with Gasteiger partial charge in [0.2, 0.25) is 11.7 Å². The van der Waals surface area contributed by atoms with Gasteiger partial charge in [-0.25, -0.2) is 0 Å². The first kappa shape index (κ1) is 32.8. The molecule has 5 rings (SSSR count). The number of hydrogen-bond donors (Lipinski definition) is 4. The van der Waals surface area contributed by atoms with Crippen LogP contribution < -0.4 is 5.32 Å². The summed E-state index contributed by atoms with van der Waals surface area (Å²) in [7, 11) is 0. The number of aliphatic hydroxyl groups excluding tert-OH is 1. The highest BCUT2D eigenvalue weighted by atomic mass is 16.5. The van der Waals surface area contributed by atoms with Crippen molar-refractivity contribution >= 4 is 29.4 Å². The minimum Gasteiger partial charge on any atom is -0.481 e. The van der Waals surface area contributed by atoms with Crippen molar-refractivity contribution in [3.05, 3.63) is 59.7 Å². The fourth-order valence-electron chi connectivity index (χ4n) is 8.91. The number of hydrogen-bond acceptors (Lipinski definition) is 8. The topological polar surface area (TPSA) is 167 Å². The Morgan fingerprint density at radius 1 is 1.09 bits per heavy atom. The number of carboxylic acids is 1. The zero-order chi connectivity index (χ0) is 32.6. The molecular formula is C35H43NO9. The first-order chi connectivity index (χ1) is 21.3. The van der Waals surface area contributed by atoms with E-state index in [9.17, 15) is 39.3 Å². The molecule has 3 saturated carbocycles. The Morgan fingerprint density at radius 2 is 1.82 bits per heavy atom. The van der Waals surface area contributed by atoms with Crippen molar-refractivity contribution in [3.63, 3.8) is 0 Å². The smallest absolute Gasteiger partial charge is 0.306 e. The Bertz CT molecular complexity index is 1420. The van der Waals surface area contributed by atoms with E-state index in [1.807, 2.05) is 19.1 Å². The molecule has 8 atom stereocenters. The second kappa shape index (κ2) is 12.6. The van der Waals surface area contributed by atoms with Crippen molar-refractivity contribution in [1.29, 1.82) is 0 Å². The van der Waals surface area contributed by atoms with Crippen LogP contribution in [0.2, 0.25) is 0 Å². The van der Waals surface area contributed by atoms with Crippen LogP contribution in [0, 0.1) is 28.6 Å². The van der Waals surface area contributed by atoms with E-state index < -0.39 is 58.7 Å². The average Bonchev–Trinajstić information content (AvgIpc) is 3.27. The van der Waals surface area contributed by atoms with Gasteiger partial charge in [-0.3, -0.25) is 24.0 Å². The third-order valence-electron chi connectivity index (χ3n) is 11.3. The molecule has 4 aliphatic rings. The Labute approximate surface area is 262 Å². The standard InChI is InChI=1S/C35H43NO9/c1-33-14-12-24(37)17-23(33)8-9-25-26-13-15-35(44,34(26,2)18-27(38)32(25)33)28(39)20-45-31(43)11-10-29(40)36-19-22(16-30(41)42)21-6-4-3-5-7-21/h3-7,12,14,17,22,25-27,32,38,44H,8-11,13,15-16,18-20H2,1-2H3,(H,36,40)(H,41,42)/t22-,25+,26-,27-,32-,33-,34-,35+/m0/s1. The van der Waals surface area contributed by atoms with E-state index in [-0.39, 0.29) is 62.2 Å². The van der Waals surface area contributed by atoms with Crippen LogP contribution in [0.1, 0.15) is 76.7 Å².